The van der Waals surface area contributed by atoms with Gasteiger partial charge in [-0.05, 0) is 44.2 Å². The minimum absolute atomic E-state index is 0.0337. The number of carbonyl (C=O) groups excluding carboxylic acids is 1. The van der Waals surface area contributed by atoms with E-state index in [1.54, 1.807) is 18.3 Å². The molecule has 8 heteroatoms. The largest absolute Gasteiger partial charge is 0.365 e. The third-order valence-corrected chi connectivity index (χ3v) is 5.98. The molecule has 0 saturated carbocycles. The third kappa shape index (κ3) is 3.89. The molecule has 1 saturated heterocycles. The fourth-order valence-corrected chi connectivity index (χ4v) is 4.32. The van der Waals surface area contributed by atoms with E-state index in [0.29, 0.717) is 23.7 Å². The van der Waals surface area contributed by atoms with E-state index in [9.17, 15) is 4.79 Å². The van der Waals surface area contributed by atoms with Gasteiger partial charge in [-0.3, -0.25) is 4.79 Å². The monoisotopic (exact) mass is 473 g/mol. The molecule has 1 aliphatic rings. The Labute approximate surface area is 183 Å². The lowest BCUT2D eigenvalue weighted by molar-refractivity contribution is 0.0747. The Balaban J connectivity index is 1.51. The molecule has 0 N–H and O–H groups in total. The van der Waals surface area contributed by atoms with E-state index in [4.69, 9.17) is 11.6 Å². The molecule has 150 valence electrons. The standard InChI is InChI=1S/C21H21BrClN5O/c1-14-20(15(2)28(25-14)19-5-3-4-8-24-19)26-9-11-27(12-10-26)21(29)17-13-16(22)6-7-18(17)23/h3-8,13H,9-12H2,1-2H3. The van der Waals surface area contributed by atoms with Gasteiger partial charge in [0.05, 0.1) is 27.7 Å². The van der Waals surface area contributed by atoms with E-state index in [-0.39, 0.29) is 5.91 Å². The Hall–Kier alpha value is -2.38. The SMILES string of the molecule is Cc1nn(-c2ccccn2)c(C)c1N1CCN(C(=O)c2cc(Br)ccc2Cl)CC1. The summed E-state index contributed by atoms with van der Waals surface area (Å²) in [5.41, 5.74) is 3.66. The molecule has 3 aromatic rings. The van der Waals surface area contributed by atoms with E-state index < -0.39 is 0 Å². The lowest BCUT2D eigenvalue weighted by atomic mass is 10.1. The number of hydrogen-bond acceptors (Lipinski definition) is 4. The minimum Gasteiger partial charge on any atom is -0.365 e. The normalized spacial score (nSPS) is 14.3. The molecular weight excluding hydrogens is 454 g/mol. The second kappa shape index (κ2) is 8.16. The molecule has 6 nitrogen and oxygen atoms in total. The van der Waals surface area contributed by atoms with Crippen LogP contribution >= 0.6 is 27.5 Å². The molecule has 1 amide bonds. The van der Waals surface area contributed by atoms with E-state index in [1.807, 2.05) is 40.8 Å². The average Bonchev–Trinajstić information content (AvgIpc) is 3.04. The van der Waals surface area contributed by atoms with Gasteiger partial charge in [0.2, 0.25) is 0 Å². The van der Waals surface area contributed by atoms with Gasteiger partial charge in [-0.1, -0.05) is 33.6 Å². The van der Waals surface area contributed by atoms with E-state index in [0.717, 1.165) is 40.5 Å². The first-order valence-corrected chi connectivity index (χ1v) is 10.6. The van der Waals surface area contributed by atoms with Gasteiger partial charge in [-0.2, -0.15) is 5.10 Å². The molecule has 0 unspecified atom stereocenters. The Morgan fingerprint density at radius 2 is 1.86 bits per heavy atom. The van der Waals surface area contributed by atoms with Gasteiger partial charge in [0.1, 0.15) is 0 Å². The van der Waals surface area contributed by atoms with E-state index in [1.165, 1.54) is 0 Å². The fraction of sp³-hybridized carbons (Fsp3) is 0.286. The zero-order chi connectivity index (χ0) is 20.5. The van der Waals surface area contributed by atoms with Gasteiger partial charge in [0.15, 0.2) is 5.82 Å². The quantitative estimate of drug-likeness (QED) is 0.569. The highest BCUT2D eigenvalue weighted by atomic mass is 79.9. The van der Waals surface area contributed by atoms with Crippen LogP contribution < -0.4 is 4.90 Å². The van der Waals surface area contributed by atoms with Crippen LogP contribution in [0.2, 0.25) is 5.02 Å². The number of hydrogen-bond donors (Lipinski definition) is 0. The molecule has 29 heavy (non-hydrogen) atoms. The van der Waals surface area contributed by atoms with Crippen LogP contribution in [0.4, 0.5) is 5.69 Å². The fourth-order valence-electron chi connectivity index (χ4n) is 3.76. The molecule has 0 aliphatic carbocycles. The Bertz CT molecular complexity index is 1040. The molecule has 0 spiro atoms. The van der Waals surface area contributed by atoms with Crippen LogP contribution in [0.3, 0.4) is 0 Å². The predicted molar refractivity (Wildman–Crippen MR) is 118 cm³/mol. The van der Waals surface area contributed by atoms with Crippen molar-refractivity contribution in [1.29, 1.82) is 0 Å². The van der Waals surface area contributed by atoms with Crippen LogP contribution in [0, 0.1) is 13.8 Å². The first-order chi connectivity index (χ1) is 14.0. The summed E-state index contributed by atoms with van der Waals surface area (Å²) in [4.78, 5) is 21.5. The van der Waals surface area contributed by atoms with Crippen molar-refractivity contribution in [3.05, 3.63) is 69.0 Å². The number of pyridine rings is 1. The molecule has 0 radical (unpaired) electrons. The smallest absolute Gasteiger partial charge is 0.255 e. The van der Waals surface area contributed by atoms with Gasteiger partial charge < -0.3 is 9.80 Å². The van der Waals surface area contributed by atoms with Crippen molar-refractivity contribution in [1.82, 2.24) is 19.7 Å². The van der Waals surface area contributed by atoms with Crippen molar-refractivity contribution in [3.8, 4) is 5.82 Å². The maximum Gasteiger partial charge on any atom is 0.255 e. The van der Waals surface area contributed by atoms with Gasteiger partial charge in [-0.15, -0.1) is 0 Å². The number of nitrogens with zero attached hydrogens (tertiary/aromatic N) is 5. The number of anilines is 1. The number of amides is 1. The highest BCUT2D eigenvalue weighted by Crippen LogP contribution is 2.28. The molecule has 1 fully saturated rings. The van der Waals surface area contributed by atoms with Gasteiger partial charge >= 0.3 is 0 Å². The molecule has 0 bridgehead atoms. The second-order valence-electron chi connectivity index (χ2n) is 7.02. The highest BCUT2D eigenvalue weighted by molar-refractivity contribution is 9.10. The molecule has 0 atom stereocenters. The van der Waals surface area contributed by atoms with Crippen molar-refractivity contribution in [2.24, 2.45) is 0 Å². The van der Waals surface area contributed by atoms with E-state index >= 15 is 0 Å². The molecule has 1 aliphatic heterocycles. The molecule has 1 aromatic carbocycles. The van der Waals surface area contributed by atoms with Crippen LogP contribution in [-0.2, 0) is 0 Å². The van der Waals surface area contributed by atoms with Crippen molar-refractivity contribution in [3.63, 3.8) is 0 Å². The third-order valence-electron chi connectivity index (χ3n) is 5.16. The van der Waals surface area contributed by atoms with Crippen molar-refractivity contribution in [2.75, 3.05) is 31.1 Å². The van der Waals surface area contributed by atoms with E-state index in [2.05, 4.69) is 37.8 Å². The second-order valence-corrected chi connectivity index (χ2v) is 8.35. The summed E-state index contributed by atoms with van der Waals surface area (Å²) in [7, 11) is 0. The number of piperazine rings is 1. The highest BCUT2D eigenvalue weighted by Gasteiger charge is 2.27. The van der Waals surface area contributed by atoms with Crippen LogP contribution in [0.1, 0.15) is 21.7 Å². The maximum absolute atomic E-state index is 12.9. The lowest BCUT2D eigenvalue weighted by Crippen LogP contribution is -2.49. The number of benzene rings is 1. The first-order valence-electron chi connectivity index (χ1n) is 9.42. The predicted octanol–water partition coefficient (Wildman–Crippen LogP) is 4.26. The van der Waals surface area contributed by atoms with Crippen molar-refractivity contribution in [2.45, 2.75) is 13.8 Å². The van der Waals surface area contributed by atoms with Gasteiger partial charge in [0, 0.05) is 36.8 Å². The summed E-state index contributed by atoms with van der Waals surface area (Å²) in [6, 6.07) is 11.2. The van der Waals surface area contributed by atoms with Crippen LogP contribution in [-0.4, -0.2) is 51.8 Å². The molecule has 3 heterocycles. The summed E-state index contributed by atoms with van der Waals surface area (Å²) < 4.78 is 2.72. The first kappa shape index (κ1) is 19.9. The minimum atomic E-state index is -0.0337. The van der Waals surface area contributed by atoms with Gasteiger partial charge in [0.25, 0.3) is 5.91 Å². The van der Waals surface area contributed by atoms with Crippen LogP contribution in [0.25, 0.3) is 5.82 Å². The summed E-state index contributed by atoms with van der Waals surface area (Å²) in [6.07, 6.45) is 1.77. The van der Waals surface area contributed by atoms with Gasteiger partial charge in [-0.25, -0.2) is 9.67 Å². The van der Waals surface area contributed by atoms with Crippen molar-refractivity contribution < 1.29 is 4.79 Å². The summed E-state index contributed by atoms with van der Waals surface area (Å²) in [5.74, 6) is 0.769. The van der Waals surface area contributed by atoms with Crippen LogP contribution in [0.5, 0.6) is 0 Å². The van der Waals surface area contributed by atoms with Crippen molar-refractivity contribution >= 4 is 39.1 Å². The Morgan fingerprint density at radius 1 is 1.10 bits per heavy atom. The maximum atomic E-state index is 12.9. The molecular formula is C21H21BrClN5O. The number of aromatic nitrogens is 3. The average molecular weight is 475 g/mol. The summed E-state index contributed by atoms with van der Waals surface area (Å²) in [5, 5.41) is 5.16. The lowest BCUT2D eigenvalue weighted by Gasteiger charge is -2.36. The number of carbonyl (C=O) groups is 1. The number of halogens is 2. The summed E-state index contributed by atoms with van der Waals surface area (Å²) in [6.45, 7) is 6.83. The molecule has 2 aromatic heterocycles. The summed E-state index contributed by atoms with van der Waals surface area (Å²) >= 11 is 9.66. The number of rotatable bonds is 3. The number of aryl methyl sites for hydroxylation is 1. The topological polar surface area (TPSA) is 54.3 Å². The Morgan fingerprint density at radius 3 is 2.55 bits per heavy atom. The Kier molecular flexibility index (Phi) is 5.61. The zero-order valence-electron chi connectivity index (χ0n) is 16.3. The molecule has 4 rings (SSSR count). The zero-order valence-corrected chi connectivity index (χ0v) is 18.6. The van der Waals surface area contributed by atoms with Crippen LogP contribution in [0.15, 0.2) is 47.1 Å².